The lowest BCUT2D eigenvalue weighted by Gasteiger charge is -2.34. The minimum absolute atomic E-state index is 0.113. The quantitative estimate of drug-likeness (QED) is 0.641. The maximum Gasteiger partial charge on any atom is 0.409 e. The van der Waals surface area contributed by atoms with Crippen LogP contribution in [0.2, 0.25) is 0 Å². The van der Waals surface area contributed by atoms with E-state index >= 15 is 0 Å². The molecule has 0 spiro atoms. The first kappa shape index (κ1) is 20.8. The summed E-state index contributed by atoms with van der Waals surface area (Å²) in [5.41, 5.74) is 1.69. The van der Waals surface area contributed by atoms with Gasteiger partial charge in [-0.2, -0.15) is 5.26 Å². The second-order valence-electron chi connectivity index (χ2n) is 7.36. The van der Waals surface area contributed by atoms with Crippen molar-refractivity contribution in [3.8, 4) is 17.3 Å². The van der Waals surface area contributed by atoms with Crippen LogP contribution >= 0.6 is 0 Å². The molecular formula is C22H20F2N4O3. The summed E-state index contributed by atoms with van der Waals surface area (Å²) in [6, 6.07) is 7.00. The normalized spacial score (nSPS) is 16.4. The number of amides is 1. The third-order valence-corrected chi connectivity index (χ3v) is 5.35. The Kier molecular flexibility index (Phi) is 5.57. The molecule has 1 amide bonds. The number of aromatic nitrogens is 2. The van der Waals surface area contributed by atoms with Gasteiger partial charge in [0.25, 0.3) is 0 Å². The van der Waals surface area contributed by atoms with E-state index in [2.05, 4.69) is 4.98 Å². The summed E-state index contributed by atoms with van der Waals surface area (Å²) in [4.78, 5) is 18.3. The average molecular weight is 426 g/mol. The molecule has 7 nitrogen and oxygen atoms in total. The predicted octanol–water partition coefficient (Wildman–Crippen LogP) is 3.47. The summed E-state index contributed by atoms with van der Waals surface area (Å²) in [6.07, 6.45) is 1.53. The molecule has 0 radical (unpaired) electrons. The SMILES string of the molecule is COC(=O)N1CCOCC1Cc1c(-c2c(F)cc(C#N)cc2F)nc2cc(C)ccn12. The summed E-state index contributed by atoms with van der Waals surface area (Å²) >= 11 is 0. The molecule has 31 heavy (non-hydrogen) atoms. The summed E-state index contributed by atoms with van der Waals surface area (Å²) in [7, 11) is 1.30. The summed E-state index contributed by atoms with van der Waals surface area (Å²) in [5.74, 6) is -1.75. The molecule has 1 aromatic carbocycles. The Morgan fingerprint density at radius 3 is 2.77 bits per heavy atom. The first-order chi connectivity index (χ1) is 14.9. The van der Waals surface area contributed by atoms with Crippen LogP contribution < -0.4 is 0 Å². The number of benzene rings is 1. The molecule has 3 heterocycles. The second-order valence-corrected chi connectivity index (χ2v) is 7.36. The number of carbonyl (C=O) groups excluding carboxylic acids is 1. The zero-order chi connectivity index (χ0) is 22.1. The van der Waals surface area contributed by atoms with Gasteiger partial charge in [0.05, 0.1) is 54.9 Å². The number of methoxy groups -OCH3 is 1. The van der Waals surface area contributed by atoms with Crippen molar-refractivity contribution in [1.82, 2.24) is 14.3 Å². The van der Waals surface area contributed by atoms with Crippen molar-refractivity contribution < 1.29 is 23.0 Å². The molecule has 1 aliphatic heterocycles. The van der Waals surface area contributed by atoms with Gasteiger partial charge in [0.1, 0.15) is 17.3 Å². The lowest BCUT2D eigenvalue weighted by Crippen LogP contribution is -2.49. The first-order valence-electron chi connectivity index (χ1n) is 9.72. The van der Waals surface area contributed by atoms with Crippen LogP contribution in [0.1, 0.15) is 16.8 Å². The molecule has 1 atom stereocenters. The van der Waals surface area contributed by atoms with Crippen molar-refractivity contribution in [2.45, 2.75) is 19.4 Å². The van der Waals surface area contributed by atoms with Crippen LogP contribution in [-0.2, 0) is 15.9 Å². The Hall–Kier alpha value is -3.51. The van der Waals surface area contributed by atoms with Crippen LogP contribution in [0.4, 0.5) is 13.6 Å². The molecule has 1 aliphatic rings. The number of carbonyl (C=O) groups is 1. The van der Waals surface area contributed by atoms with E-state index in [-0.39, 0.29) is 29.8 Å². The van der Waals surface area contributed by atoms with Gasteiger partial charge in [-0.25, -0.2) is 18.6 Å². The Labute approximate surface area is 177 Å². The van der Waals surface area contributed by atoms with Crippen molar-refractivity contribution in [2.75, 3.05) is 26.9 Å². The molecule has 0 saturated carbocycles. The first-order valence-corrected chi connectivity index (χ1v) is 9.72. The van der Waals surface area contributed by atoms with Crippen LogP contribution in [0.15, 0.2) is 30.5 Å². The zero-order valence-corrected chi connectivity index (χ0v) is 17.1. The van der Waals surface area contributed by atoms with Gasteiger partial charge < -0.3 is 18.8 Å². The fourth-order valence-corrected chi connectivity index (χ4v) is 3.86. The molecule has 1 saturated heterocycles. The minimum Gasteiger partial charge on any atom is -0.453 e. The smallest absolute Gasteiger partial charge is 0.409 e. The van der Waals surface area contributed by atoms with E-state index in [0.29, 0.717) is 24.5 Å². The monoisotopic (exact) mass is 426 g/mol. The van der Waals surface area contributed by atoms with Crippen molar-refractivity contribution in [3.05, 3.63) is 58.9 Å². The molecule has 0 bridgehead atoms. The van der Waals surface area contributed by atoms with Gasteiger partial charge in [0.15, 0.2) is 0 Å². The minimum atomic E-state index is -0.873. The van der Waals surface area contributed by atoms with Gasteiger partial charge in [-0.3, -0.25) is 0 Å². The lowest BCUT2D eigenvalue weighted by molar-refractivity contribution is -0.00441. The second kappa shape index (κ2) is 8.32. The largest absolute Gasteiger partial charge is 0.453 e. The maximum absolute atomic E-state index is 14.9. The topological polar surface area (TPSA) is 79.9 Å². The Balaban J connectivity index is 1.87. The third kappa shape index (κ3) is 3.82. The van der Waals surface area contributed by atoms with E-state index in [1.807, 2.05) is 19.1 Å². The van der Waals surface area contributed by atoms with E-state index in [4.69, 9.17) is 14.7 Å². The predicted molar refractivity (Wildman–Crippen MR) is 107 cm³/mol. The number of aryl methyl sites for hydroxylation is 1. The van der Waals surface area contributed by atoms with Crippen LogP contribution in [0, 0.1) is 29.9 Å². The van der Waals surface area contributed by atoms with Crippen LogP contribution in [-0.4, -0.2) is 53.3 Å². The molecule has 0 aliphatic carbocycles. The number of hydrogen-bond donors (Lipinski definition) is 0. The van der Waals surface area contributed by atoms with Crippen LogP contribution in [0.25, 0.3) is 16.9 Å². The number of morpholine rings is 1. The highest BCUT2D eigenvalue weighted by molar-refractivity contribution is 5.70. The molecular weight excluding hydrogens is 406 g/mol. The molecule has 3 aromatic rings. The highest BCUT2D eigenvalue weighted by atomic mass is 19.1. The molecule has 9 heteroatoms. The molecule has 4 rings (SSSR count). The van der Waals surface area contributed by atoms with E-state index in [0.717, 1.165) is 17.7 Å². The van der Waals surface area contributed by atoms with Gasteiger partial charge in [-0.1, -0.05) is 0 Å². The van der Waals surface area contributed by atoms with E-state index in [1.165, 1.54) is 7.11 Å². The maximum atomic E-state index is 14.9. The number of nitriles is 1. The molecule has 160 valence electrons. The van der Waals surface area contributed by atoms with Crippen molar-refractivity contribution in [2.24, 2.45) is 0 Å². The number of ether oxygens (including phenoxy) is 2. The molecule has 1 unspecified atom stereocenters. The number of fused-ring (bicyclic) bond motifs is 1. The van der Waals surface area contributed by atoms with Gasteiger partial charge in [-0.05, 0) is 36.8 Å². The average Bonchev–Trinajstić information content (AvgIpc) is 3.09. The Bertz CT molecular complexity index is 1180. The highest BCUT2D eigenvalue weighted by Gasteiger charge is 2.31. The fourth-order valence-electron chi connectivity index (χ4n) is 3.86. The van der Waals surface area contributed by atoms with Crippen molar-refractivity contribution >= 4 is 11.7 Å². The number of rotatable bonds is 3. The van der Waals surface area contributed by atoms with E-state index in [9.17, 15) is 13.6 Å². The van der Waals surface area contributed by atoms with Gasteiger partial charge in [0, 0.05) is 19.2 Å². The summed E-state index contributed by atoms with van der Waals surface area (Å²) in [5, 5.41) is 9.00. The van der Waals surface area contributed by atoms with Crippen molar-refractivity contribution in [1.29, 1.82) is 5.26 Å². The van der Waals surface area contributed by atoms with Gasteiger partial charge >= 0.3 is 6.09 Å². The summed E-state index contributed by atoms with van der Waals surface area (Å²) in [6.45, 7) is 2.88. The van der Waals surface area contributed by atoms with Crippen molar-refractivity contribution in [3.63, 3.8) is 0 Å². The zero-order valence-electron chi connectivity index (χ0n) is 17.1. The number of hydrogen-bond acceptors (Lipinski definition) is 5. The van der Waals surface area contributed by atoms with E-state index in [1.54, 1.807) is 21.6 Å². The van der Waals surface area contributed by atoms with E-state index < -0.39 is 23.8 Å². The molecule has 1 fully saturated rings. The standard InChI is InChI=1S/C22H20F2N4O3/c1-13-3-4-28-18(10-15-12-31-6-5-27(15)22(29)30-2)21(26-19(28)7-13)20-16(23)8-14(11-25)9-17(20)24/h3-4,7-9,15H,5-6,10,12H2,1-2H3. The molecule has 0 N–H and O–H groups in total. The van der Waals surface area contributed by atoms with Crippen LogP contribution in [0.5, 0.6) is 0 Å². The fraction of sp³-hybridized carbons (Fsp3) is 0.318. The van der Waals surface area contributed by atoms with Gasteiger partial charge in [0.2, 0.25) is 0 Å². The number of pyridine rings is 1. The summed E-state index contributed by atoms with van der Waals surface area (Å²) < 4.78 is 41.9. The van der Waals surface area contributed by atoms with Crippen LogP contribution in [0.3, 0.4) is 0 Å². The third-order valence-electron chi connectivity index (χ3n) is 5.35. The molecule has 2 aromatic heterocycles. The highest BCUT2D eigenvalue weighted by Crippen LogP contribution is 2.32. The number of nitrogens with zero attached hydrogens (tertiary/aromatic N) is 4. The lowest BCUT2D eigenvalue weighted by atomic mass is 10.0. The Morgan fingerprint density at radius 2 is 2.10 bits per heavy atom. The van der Waals surface area contributed by atoms with Gasteiger partial charge in [-0.15, -0.1) is 0 Å². The number of imidazole rings is 1. The number of halogens is 2. The Morgan fingerprint density at radius 1 is 1.35 bits per heavy atom.